The van der Waals surface area contributed by atoms with E-state index in [0.717, 1.165) is 0 Å². The van der Waals surface area contributed by atoms with E-state index in [1.165, 1.54) is 0 Å². The number of hydrogen-bond acceptors (Lipinski definition) is 6. The minimum absolute atomic E-state index is 0. The van der Waals surface area contributed by atoms with Crippen LogP contribution in [0.5, 0.6) is 0 Å². The first kappa shape index (κ1) is 546. The summed E-state index contributed by atoms with van der Waals surface area (Å²) in [6.45, 7) is 0. The summed E-state index contributed by atoms with van der Waals surface area (Å²) in [6.07, 6.45) is 0. The molecule has 0 amide bonds. The third-order valence-corrected chi connectivity index (χ3v) is 0. The molecule has 8 heteroatoms. The van der Waals surface area contributed by atoms with Crippen molar-refractivity contribution in [3.05, 3.63) is 0 Å². The Morgan fingerprint density at radius 2 is 0.375 bits per heavy atom. The second-order valence-corrected chi connectivity index (χ2v) is 0. The molecule has 0 aromatic rings. The van der Waals surface area contributed by atoms with Crippen LogP contribution < -0.4 is 0 Å². The maximum atomic E-state index is 0. The summed E-state index contributed by atoms with van der Waals surface area (Å²) in [5.74, 6) is 0. The number of hydrogen-bond donors (Lipinski definition) is 0. The maximum absolute atomic E-state index is 0. The van der Waals surface area contributed by atoms with Gasteiger partial charge in [-0.3, -0.25) is 0 Å². The van der Waals surface area contributed by atoms with Gasteiger partial charge in [0.2, 0.25) is 0 Å². The molecule has 0 saturated heterocycles. The van der Waals surface area contributed by atoms with E-state index in [4.69, 9.17) is 0 Å². The van der Waals surface area contributed by atoms with E-state index in [-0.39, 0.29) is 72.4 Å². The molecular formula is H6IrO6Ru. The molecule has 0 heterocycles. The molecule has 0 aliphatic carbocycles. The fourth-order valence-electron chi connectivity index (χ4n) is 0. The SMILES string of the molecule is [Ir+3].[OH-].[OH-].[OH-].[OH-].[OH-].[OH-].[Ru+3]. The van der Waals surface area contributed by atoms with Crippen LogP contribution in [0.4, 0.5) is 0 Å². The van der Waals surface area contributed by atoms with Gasteiger partial charge in [0, 0.05) is 0 Å². The van der Waals surface area contributed by atoms with Crippen LogP contribution in [0.15, 0.2) is 0 Å². The molecule has 0 unspecified atom stereocenters. The van der Waals surface area contributed by atoms with Crippen LogP contribution in [0.1, 0.15) is 0 Å². The molecule has 1 radical (unpaired) electrons. The topological polar surface area (TPSA) is 180 Å². The van der Waals surface area contributed by atoms with Crippen LogP contribution in [-0.2, 0) is 39.6 Å². The van der Waals surface area contributed by atoms with E-state index in [9.17, 15) is 0 Å². The van der Waals surface area contributed by atoms with Gasteiger partial charge in [-0.15, -0.1) is 0 Å². The van der Waals surface area contributed by atoms with E-state index >= 15 is 0 Å². The predicted octanol–water partition coefficient (Wildman–Crippen LogP) is -1.07. The van der Waals surface area contributed by atoms with Gasteiger partial charge < -0.3 is 32.9 Å². The molecule has 0 spiro atoms. The summed E-state index contributed by atoms with van der Waals surface area (Å²) < 4.78 is 0. The van der Waals surface area contributed by atoms with Gasteiger partial charge in [0.05, 0.1) is 0 Å². The Balaban J connectivity index is 0. The third kappa shape index (κ3) is 240. The largest absolute Gasteiger partial charge is 3.00 e. The molecule has 0 aromatic heterocycles. The molecule has 0 saturated carbocycles. The third-order valence-electron chi connectivity index (χ3n) is 0. The van der Waals surface area contributed by atoms with Gasteiger partial charge in [-0.2, -0.15) is 0 Å². The smallest absolute Gasteiger partial charge is 0.870 e. The standard InChI is InChI=1S/Ir.6H2O.Ru/h;6*1H2;/q+3;;;;;;;+3/p-6. The van der Waals surface area contributed by atoms with Gasteiger partial charge in [-0.25, -0.2) is 0 Å². The van der Waals surface area contributed by atoms with Crippen molar-refractivity contribution in [3.8, 4) is 0 Å². The zero-order valence-corrected chi connectivity index (χ0v) is 7.50. The van der Waals surface area contributed by atoms with Crippen molar-refractivity contribution >= 4 is 0 Å². The molecule has 0 rings (SSSR count). The molecule has 0 atom stereocenters. The zero-order chi connectivity index (χ0) is 0. The molecule has 0 aromatic carbocycles. The molecular weight excluding hydrogens is 389 g/mol. The van der Waals surface area contributed by atoms with Crippen molar-refractivity contribution in [3.63, 3.8) is 0 Å². The van der Waals surface area contributed by atoms with Gasteiger partial charge >= 0.3 is 39.6 Å². The first-order valence-electron chi connectivity index (χ1n) is 0. The van der Waals surface area contributed by atoms with Crippen molar-refractivity contribution in [1.82, 2.24) is 0 Å². The summed E-state index contributed by atoms with van der Waals surface area (Å²) >= 11 is 0. The fourth-order valence-corrected chi connectivity index (χ4v) is 0. The molecule has 0 bridgehead atoms. The molecule has 0 aliphatic rings. The van der Waals surface area contributed by atoms with Crippen LogP contribution in [0.25, 0.3) is 0 Å². The second kappa shape index (κ2) is 373. The first-order valence-corrected chi connectivity index (χ1v) is 0. The molecule has 0 fully saturated rings. The predicted molar refractivity (Wildman–Crippen MR) is 11.6 cm³/mol. The molecule has 6 N–H and O–H groups in total. The van der Waals surface area contributed by atoms with Crippen molar-refractivity contribution in [2.45, 2.75) is 0 Å². The van der Waals surface area contributed by atoms with E-state index < -0.39 is 0 Å². The molecule has 0 aliphatic heterocycles. The van der Waals surface area contributed by atoms with Crippen molar-refractivity contribution in [1.29, 1.82) is 0 Å². The Bertz CT molecular complexity index is 8.49. The fraction of sp³-hybridized carbons (Fsp3) is 0. The van der Waals surface area contributed by atoms with E-state index in [2.05, 4.69) is 0 Å². The summed E-state index contributed by atoms with van der Waals surface area (Å²) in [6, 6.07) is 0. The average Bonchev–Trinajstić information content (AvgIpc) is 0. The van der Waals surface area contributed by atoms with E-state index in [1.807, 2.05) is 0 Å². The first-order chi connectivity index (χ1) is 0. The van der Waals surface area contributed by atoms with Crippen molar-refractivity contribution in [2.75, 3.05) is 0 Å². The van der Waals surface area contributed by atoms with E-state index in [0.29, 0.717) is 0 Å². The summed E-state index contributed by atoms with van der Waals surface area (Å²) in [4.78, 5) is 0. The Morgan fingerprint density at radius 1 is 0.375 bits per heavy atom. The summed E-state index contributed by atoms with van der Waals surface area (Å²) in [5.41, 5.74) is 0. The van der Waals surface area contributed by atoms with Gasteiger partial charge in [-0.05, 0) is 0 Å². The van der Waals surface area contributed by atoms with Crippen LogP contribution in [0.2, 0.25) is 0 Å². The quantitative estimate of drug-likeness (QED) is 0.471. The zero-order valence-electron chi connectivity index (χ0n) is 3.37. The normalized spacial score (nSPS) is 0. The van der Waals surface area contributed by atoms with Gasteiger partial charge in [0.1, 0.15) is 0 Å². The van der Waals surface area contributed by atoms with Gasteiger partial charge in [0.25, 0.3) is 0 Å². The summed E-state index contributed by atoms with van der Waals surface area (Å²) in [7, 11) is 0. The van der Waals surface area contributed by atoms with Crippen molar-refractivity contribution in [2.24, 2.45) is 0 Å². The van der Waals surface area contributed by atoms with Gasteiger partial charge in [-0.1, -0.05) is 0 Å². The van der Waals surface area contributed by atoms with Crippen LogP contribution >= 0.6 is 0 Å². The minimum Gasteiger partial charge on any atom is -0.870 e. The van der Waals surface area contributed by atoms with Crippen molar-refractivity contribution < 1.29 is 72.4 Å². The van der Waals surface area contributed by atoms with Crippen LogP contribution in [-0.4, -0.2) is 32.9 Å². The average molecular weight is 395 g/mol. The monoisotopic (exact) mass is 397 g/mol. The molecule has 59 valence electrons. The Kier molecular flexibility index (Phi) is 25400. The Morgan fingerprint density at radius 3 is 0.375 bits per heavy atom. The Labute approximate surface area is 72.6 Å². The second-order valence-electron chi connectivity index (χ2n) is 0. The van der Waals surface area contributed by atoms with Gasteiger partial charge in [0.15, 0.2) is 0 Å². The molecule has 6 nitrogen and oxygen atoms in total. The molecule has 8 heavy (non-hydrogen) atoms. The number of rotatable bonds is 0. The minimum atomic E-state index is 0. The van der Waals surface area contributed by atoms with E-state index in [1.54, 1.807) is 0 Å². The summed E-state index contributed by atoms with van der Waals surface area (Å²) in [5, 5.41) is 0. The van der Waals surface area contributed by atoms with Crippen LogP contribution in [0.3, 0.4) is 0 Å². The Hall–Kier alpha value is 1.03. The van der Waals surface area contributed by atoms with Crippen LogP contribution in [0, 0.1) is 0 Å². The maximum Gasteiger partial charge on any atom is 3.00 e.